The third kappa shape index (κ3) is 7.34. The molecule has 1 saturated heterocycles. The van der Waals surface area contributed by atoms with Gasteiger partial charge in [-0.3, -0.25) is 19.2 Å². The molecule has 204 valence electrons. The normalized spacial score (nSPS) is 18.3. The van der Waals surface area contributed by atoms with Crippen LogP contribution in [0.3, 0.4) is 0 Å². The zero-order chi connectivity index (χ0) is 27.9. The number of aromatic hydroxyl groups is 2. The van der Waals surface area contributed by atoms with Crippen molar-refractivity contribution in [2.24, 2.45) is 5.92 Å². The van der Waals surface area contributed by atoms with Crippen molar-refractivity contribution in [3.8, 4) is 11.5 Å². The first kappa shape index (κ1) is 29.4. The maximum Gasteiger partial charge on any atom is 0.326 e. The Morgan fingerprint density at radius 3 is 2.30 bits per heavy atom. The number of carbonyl (C=O) groups is 5. The van der Waals surface area contributed by atoms with E-state index in [0.717, 1.165) is 12.1 Å². The predicted molar refractivity (Wildman–Crippen MR) is 133 cm³/mol. The highest BCUT2D eigenvalue weighted by atomic mass is 16.4. The SMILES string of the molecule is CC[C@H](NC(=O)[C@@H](NC(=O)[C@@H]1CCCN1C(=O)[C@H](C)NC(=O)c1cc(O)ccc1O)[C@@H](C)CC)C(=O)O. The second kappa shape index (κ2) is 12.9. The number of hydrogen-bond acceptors (Lipinski definition) is 7. The van der Waals surface area contributed by atoms with Gasteiger partial charge in [-0.1, -0.05) is 27.2 Å². The third-order valence-electron chi connectivity index (χ3n) is 6.60. The maximum atomic E-state index is 13.2. The molecule has 5 atom stereocenters. The van der Waals surface area contributed by atoms with Crippen molar-refractivity contribution in [1.82, 2.24) is 20.9 Å². The minimum Gasteiger partial charge on any atom is -0.508 e. The molecule has 12 heteroatoms. The Morgan fingerprint density at radius 1 is 1.03 bits per heavy atom. The number of nitrogens with one attached hydrogen (secondary N) is 3. The molecule has 0 aromatic heterocycles. The number of rotatable bonds is 11. The first-order valence-corrected chi connectivity index (χ1v) is 12.4. The van der Waals surface area contributed by atoms with Gasteiger partial charge in [-0.05, 0) is 50.3 Å². The molecule has 6 N–H and O–H groups in total. The number of carboxylic acid groups (broad SMARTS) is 1. The summed E-state index contributed by atoms with van der Waals surface area (Å²) in [7, 11) is 0. The molecule has 0 aliphatic carbocycles. The monoisotopic (exact) mass is 520 g/mol. The molecule has 0 radical (unpaired) electrons. The number of benzene rings is 1. The van der Waals surface area contributed by atoms with Crippen molar-refractivity contribution in [3.63, 3.8) is 0 Å². The molecule has 1 fully saturated rings. The smallest absolute Gasteiger partial charge is 0.326 e. The van der Waals surface area contributed by atoms with Crippen LogP contribution in [0.5, 0.6) is 11.5 Å². The van der Waals surface area contributed by atoms with E-state index in [4.69, 9.17) is 0 Å². The summed E-state index contributed by atoms with van der Waals surface area (Å²) in [5, 5.41) is 36.4. The number of carboxylic acids is 1. The van der Waals surface area contributed by atoms with Crippen LogP contribution in [0.25, 0.3) is 0 Å². The minimum atomic E-state index is -1.17. The third-order valence-corrected chi connectivity index (χ3v) is 6.60. The number of phenols is 2. The minimum absolute atomic E-state index is 0.178. The van der Waals surface area contributed by atoms with Gasteiger partial charge in [0.05, 0.1) is 5.56 Å². The molecule has 4 amide bonds. The Kier molecular flexibility index (Phi) is 10.3. The first-order chi connectivity index (χ1) is 17.4. The van der Waals surface area contributed by atoms with Gasteiger partial charge in [0.15, 0.2) is 0 Å². The standard InChI is InChI=1S/C25H36N4O8/c1-5-13(3)20(23(34)27-17(6-2)25(36)37)28-22(33)18-8-7-11-29(18)24(35)14(4)26-21(32)16-12-15(30)9-10-19(16)31/h9-10,12-14,17-18,20,30-31H,5-8,11H2,1-4H3,(H,26,32)(H,27,34)(H,28,33)(H,36,37)/t13-,14-,17-,18-,20-/m0/s1. The van der Waals surface area contributed by atoms with Gasteiger partial charge in [0.2, 0.25) is 17.7 Å². The van der Waals surface area contributed by atoms with E-state index >= 15 is 0 Å². The van der Waals surface area contributed by atoms with Crippen molar-refractivity contribution in [2.45, 2.75) is 77.5 Å². The first-order valence-electron chi connectivity index (χ1n) is 12.4. The van der Waals surface area contributed by atoms with E-state index in [1.54, 1.807) is 13.8 Å². The van der Waals surface area contributed by atoms with E-state index in [0.29, 0.717) is 19.3 Å². The van der Waals surface area contributed by atoms with Crippen LogP contribution in [-0.2, 0) is 19.2 Å². The highest BCUT2D eigenvalue weighted by Crippen LogP contribution is 2.23. The lowest BCUT2D eigenvalue weighted by molar-refractivity contribution is -0.143. The molecule has 0 saturated carbocycles. The van der Waals surface area contributed by atoms with Gasteiger partial charge in [0.25, 0.3) is 5.91 Å². The van der Waals surface area contributed by atoms with Crippen molar-refractivity contribution in [1.29, 1.82) is 0 Å². The largest absolute Gasteiger partial charge is 0.508 e. The number of amides is 4. The molecule has 0 unspecified atom stereocenters. The summed E-state index contributed by atoms with van der Waals surface area (Å²) in [6, 6.07) is -0.558. The Balaban J connectivity index is 2.11. The summed E-state index contributed by atoms with van der Waals surface area (Å²) in [6.45, 7) is 6.94. The number of hydrogen-bond donors (Lipinski definition) is 6. The molecule has 12 nitrogen and oxygen atoms in total. The lowest BCUT2D eigenvalue weighted by Gasteiger charge is -2.30. The van der Waals surface area contributed by atoms with Crippen LogP contribution in [0.15, 0.2) is 18.2 Å². The van der Waals surface area contributed by atoms with Crippen LogP contribution in [-0.4, -0.2) is 80.5 Å². The second-order valence-corrected chi connectivity index (χ2v) is 9.27. The molecular weight excluding hydrogens is 484 g/mol. The number of aliphatic carboxylic acids is 1. The maximum absolute atomic E-state index is 13.2. The summed E-state index contributed by atoms with van der Waals surface area (Å²) >= 11 is 0. The van der Waals surface area contributed by atoms with E-state index in [1.165, 1.54) is 17.9 Å². The van der Waals surface area contributed by atoms with Crippen LogP contribution in [0.1, 0.15) is 63.7 Å². The molecular formula is C25H36N4O8. The average molecular weight is 521 g/mol. The summed E-state index contributed by atoms with van der Waals surface area (Å²) < 4.78 is 0. The van der Waals surface area contributed by atoms with Gasteiger partial charge in [-0.25, -0.2) is 4.79 Å². The zero-order valence-corrected chi connectivity index (χ0v) is 21.5. The summed E-state index contributed by atoms with van der Waals surface area (Å²) in [5.41, 5.74) is -0.204. The Morgan fingerprint density at radius 2 is 1.70 bits per heavy atom. The van der Waals surface area contributed by atoms with Gasteiger partial charge in [-0.2, -0.15) is 0 Å². The Hall–Kier alpha value is -3.83. The van der Waals surface area contributed by atoms with Crippen LogP contribution < -0.4 is 16.0 Å². The molecule has 0 bridgehead atoms. The van der Waals surface area contributed by atoms with E-state index in [1.807, 2.05) is 6.92 Å². The predicted octanol–water partition coefficient (Wildman–Crippen LogP) is 0.717. The molecule has 0 spiro atoms. The summed E-state index contributed by atoms with van der Waals surface area (Å²) in [4.78, 5) is 64.4. The van der Waals surface area contributed by atoms with Crippen molar-refractivity contribution >= 4 is 29.6 Å². The van der Waals surface area contributed by atoms with Crippen LogP contribution >= 0.6 is 0 Å². The van der Waals surface area contributed by atoms with E-state index in [2.05, 4.69) is 16.0 Å². The fourth-order valence-electron chi connectivity index (χ4n) is 4.15. The number of likely N-dealkylation sites (tertiary alicyclic amines) is 1. The number of carbonyl (C=O) groups excluding carboxylic acids is 4. The molecule has 2 rings (SSSR count). The van der Waals surface area contributed by atoms with E-state index < -0.39 is 53.8 Å². The highest BCUT2D eigenvalue weighted by molar-refractivity contribution is 6.00. The van der Waals surface area contributed by atoms with Gasteiger partial charge in [0, 0.05) is 6.54 Å². The summed E-state index contributed by atoms with van der Waals surface area (Å²) in [5.74, 6) is -4.51. The van der Waals surface area contributed by atoms with E-state index in [9.17, 15) is 39.3 Å². The highest BCUT2D eigenvalue weighted by Gasteiger charge is 2.39. The average Bonchev–Trinajstić information content (AvgIpc) is 3.35. The molecule has 1 heterocycles. The van der Waals surface area contributed by atoms with Gasteiger partial charge in [-0.15, -0.1) is 0 Å². The lowest BCUT2D eigenvalue weighted by atomic mass is 9.97. The number of phenolic OH excluding ortho intramolecular Hbond substituents is 2. The zero-order valence-electron chi connectivity index (χ0n) is 21.5. The fourth-order valence-corrected chi connectivity index (χ4v) is 4.15. The van der Waals surface area contributed by atoms with Gasteiger partial charge >= 0.3 is 5.97 Å². The molecule has 1 aromatic carbocycles. The number of nitrogens with zero attached hydrogens (tertiary/aromatic N) is 1. The van der Waals surface area contributed by atoms with Crippen molar-refractivity contribution in [2.75, 3.05) is 6.54 Å². The summed E-state index contributed by atoms with van der Waals surface area (Å²) in [6.07, 6.45) is 1.61. The fraction of sp³-hybridized carbons (Fsp3) is 0.560. The topological polar surface area (TPSA) is 185 Å². The Bertz CT molecular complexity index is 1030. The van der Waals surface area contributed by atoms with Gasteiger partial charge in [0.1, 0.15) is 35.7 Å². The lowest BCUT2D eigenvalue weighted by Crippen LogP contribution is -2.58. The van der Waals surface area contributed by atoms with Crippen molar-refractivity contribution < 1.29 is 39.3 Å². The molecule has 37 heavy (non-hydrogen) atoms. The van der Waals surface area contributed by atoms with Crippen molar-refractivity contribution in [3.05, 3.63) is 23.8 Å². The Labute approximate surface area is 215 Å². The molecule has 1 aliphatic rings. The second-order valence-electron chi connectivity index (χ2n) is 9.27. The van der Waals surface area contributed by atoms with E-state index in [-0.39, 0.29) is 35.9 Å². The van der Waals surface area contributed by atoms with Gasteiger partial charge < -0.3 is 36.2 Å². The molecule has 1 aromatic rings. The molecule has 1 aliphatic heterocycles. The van der Waals surface area contributed by atoms with Crippen LogP contribution in [0.4, 0.5) is 0 Å². The quantitative estimate of drug-likeness (QED) is 0.230. The van der Waals surface area contributed by atoms with Crippen LogP contribution in [0.2, 0.25) is 0 Å². The van der Waals surface area contributed by atoms with Crippen LogP contribution in [0, 0.1) is 5.92 Å².